The number of amides is 1. The number of guanidine groups is 1. The molecule has 7 heteroatoms. The largest absolute Gasteiger partial charge is 0.361 e. The normalized spacial score (nSPS) is 16.9. The fourth-order valence-electron chi connectivity index (χ4n) is 3.89. The predicted molar refractivity (Wildman–Crippen MR) is 131 cm³/mol. The Hall–Kier alpha value is -1.77. The number of H-pyrrole nitrogens is 1. The fraction of sp³-hybridized carbons (Fsp3) is 0.545. The van der Waals surface area contributed by atoms with Crippen molar-refractivity contribution in [2.24, 2.45) is 10.9 Å². The standard InChI is InChI=1S/C22H33N5O.HI/c1-5-23-22(26-18-10-12-27(14-18)21(28)15(2)3)24-11-9-17-13-25-19-8-6-7-16(4)20(17)19;/h6-8,13,15,18,25H,5,9-12,14H2,1-4H3,(H2,23,24,26);1H. The number of carbonyl (C=O) groups excluding carboxylic acids is 1. The second-order valence-corrected chi connectivity index (χ2v) is 7.89. The van der Waals surface area contributed by atoms with E-state index in [2.05, 4.69) is 53.9 Å². The minimum Gasteiger partial charge on any atom is -0.361 e. The van der Waals surface area contributed by atoms with E-state index in [9.17, 15) is 4.79 Å². The third-order valence-electron chi connectivity index (χ3n) is 5.33. The highest BCUT2D eigenvalue weighted by Crippen LogP contribution is 2.22. The molecule has 2 aromatic rings. The third-order valence-corrected chi connectivity index (χ3v) is 5.33. The summed E-state index contributed by atoms with van der Waals surface area (Å²) in [6, 6.07) is 6.61. The third kappa shape index (κ3) is 5.87. The molecule has 1 aromatic heterocycles. The van der Waals surface area contributed by atoms with Gasteiger partial charge < -0.3 is 20.5 Å². The smallest absolute Gasteiger partial charge is 0.225 e. The van der Waals surface area contributed by atoms with E-state index in [4.69, 9.17) is 4.99 Å². The van der Waals surface area contributed by atoms with Crippen LogP contribution in [0.15, 0.2) is 29.4 Å². The predicted octanol–water partition coefficient (Wildman–Crippen LogP) is 3.45. The molecule has 2 heterocycles. The van der Waals surface area contributed by atoms with Crippen molar-refractivity contribution < 1.29 is 4.79 Å². The summed E-state index contributed by atoms with van der Waals surface area (Å²) in [7, 11) is 0. The number of hydrogen-bond acceptors (Lipinski definition) is 2. The number of fused-ring (bicyclic) bond motifs is 1. The van der Waals surface area contributed by atoms with E-state index in [-0.39, 0.29) is 41.8 Å². The van der Waals surface area contributed by atoms with Crippen LogP contribution in [0.5, 0.6) is 0 Å². The molecule has 3 N–H and O–H groups in total. The van der Waals surface area contributed by atoms with E-state index >= 15 is 0 Å². The fourth-order valence-corrected chi connectivity index (χ4v) is 3.89. The average molecular weight is 511 g/mol. The van der Waals surface area contributed by atoms with Gasteiger partial charge in [-0.25, -0.2) is 0 Å². The maximum atomic E-state index is 12.2. The maximum absolute atomic E-state index is 12.2. The Bertz CT molecular complexity index is 845. The molecule has 1 aliphatic rings. The summed E-state index contributed by atoms with van der Waals surface area (Å²) in [4.78, 5) is 22.3. The monoisotopic (exact) mass is 511 g/mol. The molecule has 1 aliphatic heterocycles. The number of aromatic amines is 1. The Labute approximate surface area is 190 Å². The maximum Gasteiger partial charge on any atom is 0.225 e. The van der Waals surface area contributed by atoms with E-state index in [1.54, 1.807) is 0 Å². The highest BCUT2D eigenvalue weighted by atomic mass is 127. The zero-order chi connectivity index (χ0) is 20.1. The Balaban J connectivity index is 0.00000300. The van der Waals surface area contributed by atoms with E-state index in [1.165, 1.54) is 22.0 Å². The van der Waals surface area contributed by atoms with Crippen LogP contribution in [-0.2, 0) is 11.2 Å². The minimum atomic E-state index is 0. The van der Waals surface area contributed by atoms with Crippen LogP contribution in [-0.4, -0.2) is 54.0 Å². The minimum absolute atomic E-state index is 0. The van der Waals surface area contributed by atoms with Crippen LogP contribution >= 0.6 is 24.0 Å². The lowest BCUT2D eigenvalue weighted by Crippen LogP contribution is -2.45. The van der Waals surface area contributed by atoms with Crippen LogP contribution in [0.3, 0.4) is 0 Å². The number of carbonyl (C=O) groups is 1. The molecule has 0 radical (unpaired) electrons. The van der Waals surface area contributed by atoms with Crippen molar-refractivity contribution in [2.75, 3.05) is 26.2 Å². The van der Waals surface area contributed by atoms with Gasteiger partial charge in [0.2, 0.25) is 5.91 Å². The zero-order valence-corrected chi connectivity index (χ0v) is 20.2. The van der Waals surface area contributed by atoms with Crippen molar-refractivity contribution >= 4 is 46.7 Å². The molecule has 1 fully saturated rings. The van der Waals surface area contributed by atoms with E-state index in [0.29, 0.717) is 0 Å². The summed E-state index contributed by atoms with van der Waals surface area (Å²) in [5.74, 6) is 1.13. The molecular formula is C22H34IN5O. The Kier molecular flexibility index (Phi) is 8.79. The molecule has 29 heavy (non-hydrogen) atoms. The topological polar surface area (TPSA) is 72.5 Å². The molecule has 6 nitrogen and oxygen atoms in total. The van der Waals surface area contributed by atoms with Crippen molar-refractivity contribution in [3.63, 3.8) is 0 Å². The molecule has 1 unspecified atom stereocenters. The van der Waals surface area contributed by atoms with Crippen LogP contribution in [0.25, 0.3) is 10.9 Å². The summed E-state index contributed by atoms with van der Waals surface area (Å²) >= 11 is 0. The first kappa shape index (κ1) is 23.5. The van der Waals surface area contributed by atoms with E-state index in [0.717, 1.165) is 45.0 Å². The van der Waals surface area contributed by atoms with E-state index < -0.39 is 0 Å². The van der Waals surface area contributed by atoms with Gasteiger partial charge in [-0.1, -0.05) is 26.0 Å². The number of aryl methyl sites for hydroxylation is 1. The van der Waals surface area contributed by atoms with E-state index in [1.807, 2.05) is 18.7 Å². The van der Waals surface area contributed by atoms with Crippen molar-refractivity contribution in [1.82, 2.24) is 20.5 Å². The van der Waals surface area contributed by atoms with Gasteiger partial charge in [-0.05, 0) is 43.9 Å². The van der Waals surface area contributed by atoms with Gasteiger partial charge in [0.1, 0.15) is 0 Å². The number of halogens is 1. The quantitative estimate of drug-likeness (QED) is 0.316. The number of rotatable bonds is 6. The van der Waals surface area contributed by atoms with Gasteiger partial charge in [-0.15, -0.1) is 24.0 Å². The Morgan fingerprint density at radius 2 is 2.17 bits per heavy atom. The van der Waals surface area contributed by atoms with Gasteiger partial charge in [0.15, 0.2) is 5.96 Å². The summed E-state index contributed by atoms with van der Waals surface area (Å²) in [5.41, 5.74) is 3.79. The molecule has 1 saturated heterocycles. The molecule has 3 rings (SSSR count). The number of nitrogens with zero attached hydrogens (tertiary/aromatic N) is 2. The highest BCUT2D eigenvalue weighted by molar-refractivity contribution is 14.0. The molecule has 0 aliphatic carbocycles. The number of aromatic nitrogens is 1. The summed E-state index contributed by atoms with van der Waals surface area (Å²) in [6.07, 6.45) is 3.95. The first-order valence-corrected chi connectivity index (χ1v) is 10.4. The molecule has 1 atom stereocenters. The average Bonchev–Trinajstić information content (AvgIpc) is 3.29. The first-order valence-electron chi connectivity index (χ1n) is 10.4. The number of nitrogens with one attached hydrogen (secondary N) is 3. The molecule has 0 bridgehead atoms. The molecule has 1 aromatic carbocycles. The van der Waals surface area contributed by atoms with Crippen LogP contribution in [0.4, 0.5) is 0 Å². The molecule has 0 saturated carbocycles. The second kappa shape index (κ2) is 10.8. The summed E-state index contributed by atoms with van der Waals surface area (Å²) in [6.45, 7) is 11.3. The van der Waals surface area contributed by atoms with Gasteiger partial charge in [0, 0.05) is 55.2 Å². The SMILES string of the molecule is CCNC(=NCCc1c[nH]c2cccc(C)c12)NC1CCN(C(=O)C(C)C)C1.I. The lowest BCUT2D eigenvalue weighted by molar-refractivity contribution is -0.133. The Morgan fingerprint density at radius 3 is 2.90 bits per heavy atom. The van der Waals surface area contributed by atoms with Gasteiger partial charge in [0.25, 0.3) is 0 Å². The van der Waals surface area contributed by atoms with Crippen LogP contribution in [0.1, 0.15) is 38.3 Å². The van der Waals surface area contributed by atoms with Gasteiger partial charge in [0.05, 0.1) is 0 Å². The number of benzene rings is 1. The van der Waals surface area contributed by atoms with Crippen molar-refractivity contribution in [1.29, 1.82) is 0 Å². The zero-order valence-electron chi connectivity index (χ0n) is 17.9. The van der Waals surface area contributed by atoms with Crippen molar-refractivity contribution in [2.45, 2.75) is 46.6 Å². The molecular weight excluding hydrogens is 477 g/mol. The molecule has 0 spiro atoms. The molecule has 1 amide bonds. The first-order chi connectivity index (χ1) is 13.5. The van der Waals surface area contributed by atoms with Crippen molar-refractivity contribution in [3.05, 3.63) is 35.5 Å². The summed E-state index contributed by atoms with van der Waals surface area (Å²) < 4.78 is 0. The van der Waals surface area contributed by atoms with Gasteiger partial charge >= 0.3 is 0 Å². The Morgan fingerprint density at radius 1 is 1.38 bits per heavy atom. The number of likely N-dealkylation sites (tertiary alicyclic amines) is 1. The van der Waals surface area contributed by atoms with Gasteiger partial charge in [-0.3, -0.25) is 9.79 Å². The lowest BCUT2D eigenvalue weighted by Gasteiger charge is -2.20. The number of hydrogen-bond donors (Lipinski definition) is 3. The van der Waals surface area contributed by atoms with Crippen molar-refractivity contribution in [3.8, 4) is 0 Å². The number of aliphatic imine (C=N–C) groups is 1. The van der Waals surface area contributed by atoms with Gasteiger partial charge in [-0.2, -0.15) is 0 Å². The molecule has 160 valence electrons. The van der Waals surface area contributed by atoms with Crippen LogP contribution in [0.2, 0.25) is 0 Å². The second-order valence-electron chi connectivity index (χ2n) is 7.89. The van der Waals surface area contributed by atoms with Crippen LogP contribution in [0, 0.1) is 12.8 Å². The summed E-state index contributed by atoms with van der Waals surface area (Å²) in [5, 5.41) is 8.15. The highest BCUT2D eigenvalue weighted by Gasteiger charge is 2.27. The lowest BCUT2D eigenvalue weighted by atomic mass is 10.1. The van der Waals surface area contributed by atoms with Crippen LogP contribution < -0.4 is 10.6 Å².